The molecule has 0 radical (unpaired) electrons. The fraction of sp³-hybridized carbons (Fsp3) is 0.933. The second-order valence-corrected chi connectivity index (χ2v) is 6.32. The monoisotopic (exact) mass is 357 g/mol. The number of rotatable bonds is 6. The molecule has 1 fully saturated rings. The Labute approximate surface area is 147 Å². The Morgan fingerprint density at radius 3 is 2.41 bits per heavy atom. The number of hydrogen-bond donors (Lipinski definition) is 2. The third-order valence-corrected chi connectivity index (χ3v) is 4.12. The molecule has 0 saturated carbocycles. The molecule has 3 unspecified atom stereocenters. The molecule has 1 aliphatic rings. The maximum atomic E-state index is 12.5. The van der Waals surface area contributed by atoms with Gasteiger partial charge in [0.1, 0.15) is 0 Å². The van der Waals surface area contributed by atoms with Gasteiger partial charge in [-0.2, -0.15) is 0 Å². The van der Waals surface area contributed by atoms with Gasteiger partial charge in [-0.3, -0.25) is 9.69 Å². The average Bonchev–Trinajstić information content (AvgIpc) is 2.37. The number of carbonyl (C=O) groups is 1. The van der Waals surface area contributed by atoms with E-state index in [1.54, 1.807) is 0 Å². The van der Waals surface area contributed by atoms with Crippen molar-refractivity contribution in [2.24, 2.45) is 5.73 Å². The van der Waals surface area contributed by atoms with Gasteiger partial charge >= 0.3 is 0 Å². The Hall–Kier alpha value is -0.0700. The zero-order valence-corrected chi connectivity index (χ0v) is 15.9. The van der Waals surface area contributed by atoms with E-state index in [0.29, 0.717) is 19.1 Å². The summed E-state index contributed by atoms with van der Waals surface area (Å²) in [6.45, 7) is 10.7. The lowest BCUT2D eigenvalue weighted by molar-refractivity contribution is -0.140. The van der Waals surface area contributed by atoms with Gasteiger partial charge in [0, 0.05) is 32.2 Å². The summed E-state index contributed by atoms with van der Waals surface area (Å²) < 4.78 is 0. The standard InChI is InChI=1S/C15H31N3O2.2ClH/c1-5-7-15(4,16)14(20)18-9-8-17(10-12(3)19)13(6-2)11-18;;/h12-13,19H,5-11,16H2,1-4H3;2*1H. The SMILES string of the molecule is CCCC(C)(N)C(=O)N1CCN(CC(C)O)C(CC)C1.Cl.Cl. The smallest absolute Gasteiger partial charge is 0.242 e. The summed E-state index contributed by atoms with van der Waals surface area (Å²) in [6, 6.07) is 0.319. The third kappa shape index (κ3) is 6.59. The van der Waals surface area contributed by atoms with Gasteiger partial charge in [-0.15, -0.1) is 24.8 Å². The van der Waals surface area contributed by atoms with E-state index in [1.807, 2.05) is 25.7 Å². The maximum Gasteiger partial charge on any atom is 0.242 e. The van der Waals surface area contributed by atoms with Crippen LogP contribution in [0.3, 0.4) is 0 Å². The van der Waals surface area contributed by atoms with Crippen molar-refractivity contribution in [2.45, 2.75) is 64.6 Å². The minimum atomic E-state index is -0.751. The highest BCUT2D eigenvalue weighted by atomic mass is 35.5. The van der Waals surface area contributed by atoms with E-state index < -0.39 is 5.54 Å². The molecule has 134 valence electrons. The zero-order valence-electron chi connectivity index (χ0n) is 14.2. The molecule has 0 aliphatic carbocycles. The van der Waals surface area contributed by atoms with Gasteiger partial charge in [-0.25, -0.2) is 0 Å². The van der Waals surface area contributed by atoms with Crippen molar-refractivity contribution in [1.29, 1.82) is 0 Å². The molecule has 7 heteroatoms. The number of piperazine rings is 1. The lowest BCUT2D eigenvalue weighted by atomic mass is 9.94. The number of hydrogen-bond acceptors (Lipinski definition) is 4. The number of aliphatic hydroxyl groups is 1. The highest BCUT2D eigenvalue weighted by Gasteiger charge is 2.36. The Bertz CT molecular complexity index is 328. The molecule has 0 aromatic heterocycles. The van der Waals surface area contributed by atoms with Crippen molar-refractivity contribution in [2.75, 3.05) is 26.2 Å². The van der Waals surface area contributed by atoms with Gasteiger partial charge in [0.15, 0.2) is 0 Å². The van der Waals surface area contributed by atoms with Gasteiger partial charge in [-0.05, 0) is 26.7 Å². The molecular formula is C15H33Cl2N3O2. The number of halogens is 2. The molecule has 1 aliphatic heterocycles. The molecule has 5 nitrogen and oxygen atoms in total. The van der Waals surface area contributed by atoms with Crippen molar-refractivity contribution >= 4 is 30.7 Å². The Kier molecular flexibility index (Phi) is 11.7. The van der Waals surface area contributed by atoms with E-state index in [1.165, 1.54) is 0 Å². The van der Waals surface area contributed by atoms with Crippen molar-refractivity contribution in [1.82, 2.24) is 9.80 Å². The van der Waals surface area contributed by atoms with Gasteiger partial charge in [0.25, 0.3) is 0 Å². The highest BCUT2D eigenvalue weighted by molar-refractivity contribution is 5.86. The number of carbonyl (C=O) groups excluding carboxylic acids is 1. The Balaban J connectivity index is 0. The molecule has 1 rings (SSSR count). The van der Waals surface area contributed by atoms with E-state index in [9.17, 15) is 9.90 Å². The van der Waals surface area contributed by atoms with Crippen LogP contribution in [0.2, 0.25) is 0 Å². The largest absolute Gasteiger partial charge is 0.392 e. The predicted molar refractivity (Wildman–Crippen MR) is 95.9 cm³/mol. The van der Waals surface area contributed by atoms with Crippen molar-refractivity contribution in [3.8, 4) is 0 Å². The Morgan fingerprint density at radius 1 is 1.36 bits per heavy atom. The summed E-state index contributed by atoms with van der Waals surface area (Å²) in [6.07, 6.45) is 2.28. The van der Waals surface area contributed by atoms with Crippen molar-refractivity contribution in [3.05, 3.63) is 0 Å². The van der Waals surface area contributed by atoms with Gasteiger partial charge < -0.3 is 15.7 Å². The second kappa shape index (κ2) is 10.7. The fourth-order valence-corrected chi connectivity index (χ4v) is 3.03. The maximum absolute atomic E-state index is 12.5. The van der Waals surface area contributed by atoms with Crippen LogP contribution in [0.1, 0.15) is 47.0 Å². The van der Waals surface area contributed by atoms with Crippen LogP contribution in [-0.2, 0) is 4.79 Å². The van der Waals surface area contributed by atoms with Crippen LogP contribution < -0.4 is 5.73 Å². The quantitative estimate of drug-likeness (QED) is 0.758. The predicted octanol–water partition coefficient (Wildman–Crippen LogP) is 1.65. The summed E-state index contributed by atoms with van der Waals surface area (Å²) in [5.74, 6) is 0.0643. The van der Waals surface area contributed by atoms with Gasteiger partial charge in [0.2, 0.25) is 5.91 Å². The number of aliphatic hydroxyl groups excluding tert-OH is 1. The molecule has 1 saturated heterocycles. The number of β-amino-alcohol motifs (C(OH)–C–C–N with tert-alkyl or cyclic N) is 1. The summed E-state index contributed by atoms with van der Waals surface area (Å²) in [5, 5.41) is 9.55. The lowest BCUT2D eigenvalue weighted by Gasteiger charge is -2.43. The highest BCUT2D eigenvalue weighted by Crippen LogP contribution is 2.18. The van der Waals surface area contributed by atoms with Crippen LogP contribution >= 0.6 is 24.8 Å². The number of nitrogens with two attached hydrogens (primary N) is 1. The molecule has 0 spiro atoms. The van der Waals surface area contributed by atoms with E-state index >= 15 is 0 Å². The summed E-state index contributed by atoms with van der Waals surface area (Å²) >= 11 is 0. The van der Waals surface area contributed by atoms with Crippen molar-refractivity contribution in [3.63, 3.8) is 0 Å². The molecule has 22 heavy (non-hydrogen) atoms. The molecule has 3 N–H and O–H groups in total. The third-order valence-electron chi connectivity index (χ3n) is 4.12. The summed E-state index contributed by atoms with van der Waals surface area (Å²) in [4.78, 5) is 16.7. The van der Waals surface area contributed by atoms with E-state index in [-0.39, 0.29) is 36.8 Å². The molecule has 0 bridgehead atoms. The first-order valence-electron chi connectivity index (χ1n) is 7.82. The molecule has 1 amide bonds. The van der Waals surface area contributed by atoms with Gasteiger partial charge in [0.05, 0.1) is 11.6 Å². The second-order valence-electron chi connectivity index (χ2n) is 6.32. The van der Waals surface area contributed by atoms with E-state index in [0.717, 1.165) is 32.4 Å². The first-order chi connectivity index (χ1) is 9.31. The van der Waals surface area contributed by atoms with Crippen LogP contribution in [0.5, 0.6) is 0 Å². The van der Waals surface area contributed by atoms with Crippen LogP contribution in [0.15, 0.2) is 0 Å². The summed E-state index contributed by atoms with van der Waals surface area (Å²) in [5.41, 5.74) is 5.41. The molecule has 0 aromatic carbocycles. The lowest BCUT2D eigenvalue weighted by Crippen LogP contribution is -2.61. The minimum absolute atomic E-state index is 0. The summed E-state index contributed by atoms with van der Waals surface area (Å²) in [7, 11) is 0. The van der Waals surface area contributed by atoms with E-state index in [2.05, 4.69) is 11.8 Å². The van der Waals surface area contributed by atoms with Gasteiger partial charge in [-0.1, -0.05) is 20.3 Å². The van der Waals surface area contributed by atoms with Crippen LogP contribution in [-0.4, -0.2) is 64.7 Å². The normalized spacial score (nSPS) is 23.0. The fourth-order valence-electron chi connectivity index (χ4n) is 3.03. The number of amides is 1. The Morgan fingerprint density at radius 2 is 1.95 bits per heavy atom. The first kappa shape index (κ1) is 24.2. The number of nitrogens with zero attached hydrogens (tertiary/aromatic N) is 2. The van der Waals surface area contributed by atoms with Crippen LogP contribution in [0.4, 0.5) is 0 Å². The minimum Gasteiger partial charge on any atom is -0.392 e. The van der Waals surface area contributed by atoms with Crippen LogP contribution in [0, 0.1) is 0 Å². The van der Waals surface area contributed by atoms with E-state index in [4.69, 9.17) is 5.73 Å². The molecular weight excluding hydrogens is 325 g/mol. The topological polar surface area (TPSA) is 69.8 Å². The molecule has 1 heterocycles. The zero-order chi connectivity index (χ0) is 15.3. The van der Waals surface area contributed by atoms with Crippen molar-refractivity contribution < 1.29 is 9.90 Å². The molecule has 0 aromatic rings. The van der Waals surface area contributed by atoms with Crippen LogP contribution in [0.25, 0.3) is 0 Å². The first-order valence-corrected chi connectivity index (χ1v) is 7.82. The molecule has 3 atom stereocenters. The average molecular weight is 358 g/mol.